The Balaban J connectivity index is 1.79. The van der Waals surface area contributed by atoms with Crippen LogP contribution >= 0.6 is 11.8 Å². The number of carbonyl (C=O) groups excluding carboxylic acids is 1. The second kappa shape index (κ2) is 9.42. The van der Waals surface area contributed by atoms with E-state index in [0.717, 1.165) is 22.3 Å². The minimum Gasteiger partial charge on any atom is -0.489 e. The second-order valence-corrected chi connectivity index (χ2v) is 9.59. The normalized spacial score (nSPS) is 17.8. The van der Waals surface area contributed by atoms with Crippen LogP contribution in [0.3, 0.4) is 0 Å². The molecule has 0 aliphatic carbocycles. The van der Waals surface area contributed by atoms with Crippen LogP contribution in [-0.2, 0) is 20.7 Å². The van der Waals surface area contributed by atoms with Crippen molar-refractivity contribution in [2.45, 2.75) is 52.4 Å². The zero-order valence-corrected chi connectivity index (χ0v) is 19.1. The molecular weight excluding hydrogens is 395 g/mol. The SMILES string of the molecule is CC(=O)SCC(=Cc1cccc(OCc2ccccc2)c1)B1OC(C)(C)C(C)(C)O1. The van der Waals surface area contributed by atoms with Crippen LogP contribution in [0.15, 0.2) is 60.1 Å². The fourth-order valence-corrected chi connectivity index (χ4v) is 3.60. The van der Waals surface area contributed by atoms with E-state index >= 15 is 0 Å². The predicted molar refractivity (Wildman–Crippen MR) is 124 cm³/mol. The van der Waals surface area contributed by atoms with Crippen molar-refractivity contribution in [2.75, 3.05) is 5.75 Å². The van der Waals surface area contributed by atoms with Crippen molar-refractivity contribution in [3.63, 3.8) is 0 Å². The summed E-state index contributed by atoms with van der Waals surface area (Å²) in [6, 6.07) is 18.0. The molecule has 0 radical (unpaired) electrons. The van der Waals surface area contributed by atoms with E-state index in [4.69, 9.17) is 14.0 Å². The van der Waals surface area contributed by atoms with Crippen molar-refractivity contribution in [3.05, 3.63) is 71.2 Å². The minimum absolute atomic E-state index is 0.0670. The molecule has 0 atom stereocenters. The van der Waals surface area contributed by atoms with Crippen LogP contribution in [0.2, 0.25) is 0 Å². The largest absolute Gasteiger partial charge is 0.491 e. The molecule has 0 N–H and O–H groups in total. The van der Waals surface area contributed by atoms with Gasteiger partial charge in [0.25, 0.3) is 0 Å². The monoisotopic (exact) mass is 424 g/mol. The van der Waals surface area contributed by atoms with Gasteiger partial charge in [-0.1, -0.05) is 60.3 Å². The molecule has 1 aliphatic rings. The Bertz CT molecular complexity index is 892. The van der Waals surface area contributed by atoms with Crippen molar-refractivity contribution in [1.29, 1.82) is 0 Å². The first kappa shape index (κ1) is 22.7. The minimum atomic E-state index is -0.490. The van der Waals surface area contributed by atoms with Crippen LogP contribution in [0.4, 0.5) is 0 Å². The Kier molecular flexibility index (Phi) is 7.12. The molecule has 3 rings (SSSR count). The summed E-state index contributed by atoms with van der Waals surface area (Å²) in [7, 11) is -0.490. The molecule has 2 aromatic carbocycles. The third kappa shape index (κ3) is 5.78. The van der Waals surface area contributed by atoms with Crippen molar-refractivity contribution in [2.24, 2.45) is 0 Å². The summed E-state index contributed by atoms with van der Waals surface area (Å²) >= 11 is 1.26. The number of rotatable bonds is 7. The average Bonchev–Trinajstić information content (AvgIpc) is 2.91. The lowest BCUT2D eigenvalue weighted by molar-refractivity contribution is -0.109. The molecule has 30 heavy (non-hydrogen) atoms. The summed E-state index contributed by atoms with van der Waals surface area (Å²) in [6.45, 7) is 10.2. The fourth-order valence-electron chi connectivity index (χ4n) is 3.01. The molecule has 6 heteroatoms. The molecule has 0 spiro atoms. The van der Waals surface area contributed by atoms with Gasteiger partial charge in [-0.15, -0.1) is 0 Å². The number of ether oxygens (including phenoxy) is 1. The number of thioether (sulfide) groups is 1. The maximum absolute atomic E-state index is 11.6. The van der Waals surface area contributed by atoms with E-state index in [1.54, 1.807) is 6.92 Å². The van der Waals surface area contributed by atoms with Crippen molar-refractivity contribution in [1.82, 2.24) is 0 Å². The van der Waals surface area contributed by atoms with Crippen LogP contribution in [0, 0.1) is 0 Å². The van der Waals surface area contributed by atoms with Gasteiger partial charge in [0, 0.05) is 12.7 Å². The van der Waals surface area contributed by atoms with Gasteiger partial charge in [-0.05, 0) is 56.4 Å². The molecule has 1 saturated heterocycles. The fraction of sp³-hybridized carbons (Fsp3) is 0.375. The first-order valence-electron chi connectivity index (χ1n) is 10.1. The summed E-state index contributed by atoms with van der Waals surface area (Å²) in [6.07, 6.45) is 2.04. The zero-order chi connectivity index (χ0) is 21.8. The number of benzene rings is 2. The van der Waals surface area contributed by atoms with Gasteiger partial charge in [0.05, 0.1) is 11.2 Å². The summed E-state index contributed by atoms with van der Waals surface area (Å²) in [5.41, 5.74) is 2.16. The Morgan fingerprint density at radius 2 is 1.70 bits per heavy atom. The van der Waals surface area contributed by atoms with Gasteiger partial charge >= 0.3 is 7.12 Å². The molecule has 0 saturated carbocycles. The summed E-state index contributed by atoms with van der Waals surface area (Å²) in [5, 5.41) is 0.0670. The molecule has 1 heterocycles. The van der Waals surface area contributed by atoms with E-state index in [2.05, 4.69) is 0 Å². The van der Waals surface area contributed by atoms with Crippen LogP contribution < -0.4 is 4.74 Å². The Labute approximate surface area is 184 Å². The molecule has 0 aromatic heterocycles. The standard InChI is InChI=1S/C24H29BO4S/c1-18(26)30-17-21(25-28-23(2,3)24(4,5)29-25)14-20-12-9-13-22(15-20)27-16-19-10-7-6-8-11-19/h6-15H,16-17H2,1-5H3. The predicted octanol–water partition coefficient (Wildman–Crippen LogP) is 5.56. The lowest BCUT2D eigenvalue weighted by Gasteiger charge is -2.32. The van der Waals surface area contributed by atoms with Crippen LogP contribution in [0.1, 0.15) is 45.7 Å². The lowest BCUT2D eigenvalue weighted by atomic mass is 9.78. The van der Waals surface area contributed by atoms with E-state index in [1.807, 2.05) is 88.4 Å². The van der Waals surface area contributed by atoms with Gasteiger partial charge < -0.3 is 14.0 Å². The van der Waals surface area contributed by atoms with Crippen LogP contribution in [0.25, 0.3) is 6.08 Å². The maximum Gasteiger partial charge on any atom is 0.491 e. The van der Waals surface area contributed by atoms with Crippen LogP contribution in [-0.4, -0.2) is 29.2 Å². The summed E-state index contributed by atoms with van der Waals surface area (Å²) < 4.78 is 18.4. The topological polar surface area (TPSA) is 44.8 Å². The highest BCUT2D eigenvalue weighted by Gasteiger charge is 2.52. The summed E-state index contributed by atoms with van der Waals surface area (Å²) in [5.74, 6) is 1.31. The van der Waals surface area contributed by atoms with Crippen LogP contribution in [0.5, 0.6) is 5.75 Å². The number of hydrogen-bond acceptors (Lipinski definition) is 5. The van der Waals surface area contributed by atoms with Gasteiger partial charge in [-0.2, -0.15) is 0 Å². The highest BCUT2D eigenvalue weighted by molar-refractivity contribution is 8.13. The van der Waals surface area contributed by atoms with Crippen molar-refractivity contribution in [3.8, 4) is 5.75 Å². The second-order valence-electron chi connectivity index (χ2n) is 8.43. The first-order valence-corrected chi connectivity index (χ1v) is 11.1. The molecule has 4 nitrogen and oxygen atoms in total. The van der Waals surface area contributed by atoms with Gasteiger partial charge in [-0.3, -0.25) is 4.79 Å². The third-order valence-corrected chi connectivity index (χ3v) is 6.34. The third-order valence-electron chi connectivity index (χ3n) is 5.46. The Morgan fingerprint density at radius 3 is 2.33 bits per heavy atom. The van der Waals surface area contributed by atoms with Gasteiger partial charge in [-0.25, -0.2) is 0 Å². The highest BCUT2D eigenvalue weighted by Crippen LogP contribution is 2.39. The summed E-state index contributed by atoms with van der Waals surface area (Å²) in [4.78, 5) is 11.6. The van der Waals surface area contributed by atoms with Crippen molar-refractivity contribution < 1.29 is 18.8 Å². The smallest absolute Gasteiger partial charge is 0.489 e. The zero-order valence-electron chi connectivity index (χ0n) is 18.3. The van der Waals surface area contributed by atoms with E-state index in [0.29, 0.717) is 12.4 Å². The molecule has 0 bridgehead atoms. The van der Waals surface area contributed by atoms with Crippen molar-refractivity contribution >= 4 is 30.1 Å². The quantitative estimate of drug-likeness (QED) is 0.545. The Hall–Kier alpha value is -2.02. The molecule has 1 fully saturated rings. The molecule has 158 valence electrons. The molecular formula is C24H29BO4S. The maximum atomic E-state index is 11.6. The first-order chi connectivity index (χ1) is 14.2. The average molecular weight is 424 g/mol. The number of carbonyl (C=O) groups is 1. The molecule has 2 aromatic rings. The van der Waals surface area contributed by atoms with E-state index in [9.17, 15) is 4.79 Å². The van der Waals surface area contributed by atoms with Gasteiger partial charge in [0.15, 0.2) is 5.12 Å². The lowest BCUT2D eigenvalue weighted by Crippen LogP contribution is -2.41. The van der Waals surface area contributed by atoms with Gasteiger partial charge in [0.1, 0.15) is 12.4 Å². The van der Waals surface area contributed by atoms with E-state index in [-0.39, 0.29) is 5.12 Å². The number of hydrogen-bond donors (Lipinski definition) is 0. The van der Waals surface area contributed by atoms with E-state index < -0.39 is 18.3 Å². The molecule has 1 aliphatic heterocycles. The Morgan fingerprint density at radius 1 is 1.03 bits per heavy atom. The van der Waals surface area contributed by atoms with E-state index in [1.165, 1.54) is 11.8 Å². The highest BCUT2D eigenvalue weighted by atomic mass is 32.2. The van der Waals surface area contributed by atoms with Gasteiger partial charge in [0.2, 0.25) is 0 Å². The molecule has 0 amide bonds. The molecule has 0 unspecified atom stereocenters.